The number of nitrogens with one attached hydrogen (secondary N) is 1. The van der Waals surface area contributed by atoms with Crippen LogP contribution in [0.1, 0.15) is 44.8 Å². The molecule has 3 heteroatoms. The van der Waals surface area contributed by atoms with E-state index in [1.165, 1.54) is 18.4 Å². The van der Waals surface area contributed by atoms with Crippen LogP contribution in [0, 0.1) is 0 Å². The van der Waals surface area contributed by atoms with Gasteiger partial charge in [0.1, 0.15) is 0 Å². The third kappa shape index (κ3) is 4.27. The minimum Gasteiger partial charge on any atom is -0.369 e. The Labute approximate surface area is 115 Å². The van der Waals surface area contributed by atoms with E-state index in [9.17, 15) is 0 Å². The molecule has 0 bridgehead atoms. The van der Waals surface area contributed by atoms with Crippen molar-refractivity contribution >= 4 is 11.6 Å². The molecule has 2 rings (SSSR count). The first-order chi connectivity index (χ1) is 8.69. The first kappa shape index (κ1) is 13.9. The predicted molar refractivity (Wildman–Crippen MR) is 76.1 cm³/mol. The van der Waals surface area contributed by atoms with Crippen LogP contribution in [0.2, 0.25) is 5.02 Å². The van der Waals surface area contributed by atoms with E-state index in [1.54, 1.807) is 0 Å². The molecule has 0 amide bonds. The molecule has 0 spiro atoms. The van der Waals surface area contributed by atoms with E-state index in [4.69, 9.17) is 16.3 Å². The van der Waals surface area contributed by atoms with Gasteiger partial charge in [-0.2, -0.15) is 0 Å². The fourth-order valence-electron chi connectivity index (χ4n) is 1.86. The molecule has 2 atom stereocenters. The number of rotatable bonds is 7. The summed E-state index contributed by atoms with van der Waals surface area (Å²) in [4.78, 5) is 0. The van der Waals surface area contributed by atoms with Gasteiger partial charge in [0, 0.05) is 17.6 Å². The number of hydrogen-bond donors (Lipinski definition) is 1. The molecule has 1 aliphatic carbocycles. The molecule has 1 fully saturated rings. The lowest BCUT2D eigenvalue weighted by atomic mass is 10.1. The molecule has 100 valence electrons. The summed E-state index contributed by atoms with van der Waals surface area (Å²) in [6, 6.07) is 8.69. The summed E-state index contributed by atoms with van der Waals surface area (Å²) in [6.07, 6.45) is 4.05. The molecule has 0 radical (unpaired) electrons. The Kier molecular flexibility index (Phi) is 5.04. The van der Waals surface area contributed by atoms with E-state index in [0.29, 0.717) is 6.04 Å². The van der Waals surface area contributed by atoms with Crippen molar-refractivity contribution in [1.82, 2.24) is 5.32 Å². The van der Waals surface area contributed by atoms with Crippen molar-refractivity contribution < 1.29 is 4.74 Å². The maximum Gasteiger partial charge on any atom is 0.0952 e. The Morgan fingerprint density at radius 1 is 1.33 bits per heavy atom. The van der Waals surface area contributed by atoms with Crippen LogP contribution in [-0.4, -0.2) is 18.7 Å². The van der Waals surface area contributed by atoms with Gasteiger partial charge in [0.25, 0.3) is 0 Å². The largest absolute Gasteiger partial charge is 0.369 e. The van der Waals surface area contributed by atoms with Gasteiger partial charge in [-0.05, 0) is 43.9 Å². The van der Waals surface area contributed by atoms with Gasteiger partial charge in [0.15, 0.2) is 0 Å². The highest BCUT2D eigenvalue weighted by atomic mass is 35.5. The predicted octanol–water partition coefficient (Wildman–Crippen LogP) is 3.95. The third-order valence-electron chi connectivity index (χ3n) is 3.38. The second-order valence-corrected chi connectivity index (χ2v) is 5.51. The van der Waals surface area contributed by atoms with Crippen LogP contribution < -0.4 is 5.32 Å². The Morgan fingerprint density at radius 2 is 2.00 bits per heavy atom. The summed E-state index contributed by atoms with van der Waals surface area (Å²) >= 11 is 5.93. The molecule has 1 aliphatic rings. The van der Waals surface area contributed by atoms with Crippen molar-refractivity contribution in [2.45, 2.75) is 51.4 Å². The van der Waals surface area contributed by atoms with Gasteiger partial charge < -0.3 is 10.1 Å². The fourth-order valence-corrected chi connectivity index (χ4v) is 1.99. The van der Waals surface area contributed by atoms with E-state index >= 15 is 0 Å². The van der Waals surface area contributed by atoms with Crippen molar-refractivity contribution in [2.75, 3.05) is 6.54 Å². The van der Waals surface area contributed by atoms with E-state index in [2.05, 4.69) is 31.3 Å². The highest BCUT2D eigenvalue weighted by Gasteiger charge is 2.23. The molecule has 2 unspecified atom stereocenters. The van der Waals surface area contributed by atoms with Gasteiger partial charge in [-0.25, -0.2) is 0 Å². The lowest BCUT2D eigenvalue weighted by molar-refractivity contribution is -0.00469. The minimum atomic E-state index is 0.123. The molecule has 18 heavy (non-hydrogen) atoms. The summed E-state index contributed by atoms with van der Waals surface area (Å²) in [5.74, 6) is 0. The third-order valence-corrected chi connectivity index (χ3v) is 3.63. The average molecular weight is 268 g/mol. The molecule has 2 nitrogen and oxygen atoms in total. The number of hydrogen-bond acceptors (Lipinski definition) is 2. The minimum absolute atomic E-state index is 0.123. The van der Waals surface area contributed by atoms with E-state index < -0.39 is 0 Å². The van der Waals surface area contributed by atoms with Crippen LogP contribution in [0.5, 0.6) is 0 Å². The van der Waals surface area contributed by atoms with Gasteiger partial charge in [0.05, 0.1) is 12.2 Å². The lowest BCUT2D eigenvalue weighted by Crippen LogP contribution is -2.27. The molecule has 1 aromatic carbocycles. The zero-order chi connectivity index (χ0) is 13.0. The SMILES string of the molecule is CCC(C)OC(CNC1CC1)c1ccc(Cl)cc1. The molecular formula is C15H22ClNO. The van der Waals surface area contributed by atoms with Crippen LogP contribution in [0.3, 0.4) is 0 Å². The van der Waals surface area contributed by atoms with Gasteiger partial charge in [-0.15, -0.1) is 0 Å². The summed E-state index contributed by atoms with van der Waals surface area (Å²) in [5.41, 5.74) is 1.20. The highest BCUT2D eigenvalue weighted by Crippen LogP contribution is 2.24. The van der Waals surface area contributed by atoms with Crippen LogP contribution in [-0.2, 0) is 4.74 Å². The smallest absolute Gasteiger partial charge is 0.0952 e. The summed E-state index contributed by atoms with van der Waals surface area (Å²) in [5, 5.41) is 4.32. The van der Waals surface area contributed by atoms with Crippen molar-refractivity contribution in [2.24, 2.45) is 0 Å². The number of halogens is 1. The van der Waals surface area contributed by atoms with Crippen LogP contribution in [0.25, 0.3) is 0 Å². The quantitative estimate of drug-likeness (QED) is 0.808. The first-order valence-electron chi connectivity index (χ1n) is 6.83. The normalized spacial score (nSPS) is 18.6. The summed E-state index contributed by atoms with van der Waals surface area (Å²) in [6.45, 7) is 5.16. The second-order valence-electron chi connectivity index (χ2n) is 5.08. The van der Waals surface area contributed by atoms with E-state index in [-0.39, 0.29) is 12.2 Å². The maximum absolute atomic E-state index is 6.10. The number of ether oxygens (including phenoxy) is 1. The molecule has 1 aromatic rings. The summed E-state index contributed by atoms with van der Waals surface area (Å²) < 4.78 is 6.10. The second kappa shape index (κ2) is 6.55. The zero-order valence-electron chi connectivity index (χ0n) is 11.2. The first-order valence-corrected chi connectivity index (χ1v) is 7.21. The molecule has 0 heterocycles. The van der Waals surface area contributed by atoms with Gasteiger partial charge in [-0.3, -0.25) is 0 Å². The average Bonchev–Trinajstić information content (AvgIpc) is 3.19. The molecule has 0 aromatic heterocycles. The monoisotopic (exact) mass is 267 g/mol. The van der Waals surface area contributed by atoms with Gasteiger partial charge in [-0.1, -0.05) is 30.7 Å². The summed E-state index contributed by atoms with van der Waals surface area (Å²) in [7, 11) is 0. The lowest BCUT2D eigenvalue weighted by Gasteiger charge is -2.23. The number of benzene rings is 1. The Hall–Kier alpha value is -0.570. The van der Waals surface area contributed by atoms with Gasteiger partial charge >= 0.3 is 0 Å². The van der Waals surface area contributed by atoms with E-state index in [0.717, 1.165) is 18.0 Å². The van der Waals surface area contributed by atoms with Crippen molar-refractivity contribution in [1.29, 1.82) is 0 Å². The van der Waals surface area contributed by atoms with Crippen molar-refractivity contribution in [3.05, 3.63) is 34.9 Å². The van der Waals surface area contributed by atoms with E-state index in [1.807, 2.05) is 12.1 Å². The fraction of sp³-hybridized carbons (Fsp3) is 0.600. The molecule has 0 saturated heterocycles. The molecule has 1 saturated carbocycles. The highest BCUT2D eigenvalue weighted by molar-refractivity contribution is 6.30. The van der Waals surface area contributed by atoms with Crippen LogP contribution in [0.15, 0.2) is 24.3 Å². The van der Waals surface area contributed by atoms with Crippen LogP contribution in [0.4, 0.5) is 0 Å². The Balaban J connectivity index is 1.99. The topological polar surface area (TPSA) is 21.3 Å². The zero-order valence-corrected chi connectivity index (χ0v) is 11.9. The van der Waals surface area contributed by atoms with Gasteiger partial charge in [0.2, 0.25) is 0 Å². The maximum atomic E-state index is 6.10. The molecule has 0 aliphatic heterocycles. The van der Waals surface area contributed by atoms with Crippen LogP contribution >= 0.6 is 11.6 Å². The molecule has 1 N–H and O–H groups in total. The standard InChI is InChI=1S/C15H22ClNO/c1-3-11(2)18-15(10-17-14-8-9-14)12-4-6-13(16)7-5-12/h4-7,11,14-15,17H,3,8-10H2,1-2H3. The molecular weight excluding hydrogens is 246 g/mol. The Bertz CT molecular complexity index is 361. The Morgan fingerprint density at radius 3 is 2.56 bits per heavy atom. The van der Waals surface area contributed by atoms with Crippen molar-refractivity contribution in [3.63, 3.8) is 0 Å². The van der Waals surface area contributed by atoms with Crippen molar-refractivity contribution in [3.8, 4) is 0 Å².